The standard InChI is InChI=1S/C4H11INO/c1-3-6(7)4-5-2/h6H,3-4H2,1-2H3/q-1. The molecular formula is C4H11INO-. The molecule has 1 atom stereocenters. The fourth-order valence-corrected chi connectivity index (χ4v) is 1.63. The van der Waals surface area contributed by atoms with E-state index in [1.807, 2.05) is 6.92 Å². The molecule has 2 nitrogen and oxygen atoms in total. The van der Waals surface area contributed by atoms with E-state index in [0.717, 1.165) is 11.1 Å². The Morgan fingerprint density at radius 2 is 2.29 bits per heavy atom. The zero-order valence-electron chi connectivity index (χ0n) is 4.70. The average Bonchev–Trinajstić information content (AvgIpc) is 1.68. The summed E-state index contributed by atoms with van der Waals surface area (Å²) in [6.07, 6.45) is 0. The molecular weight excluding hydrogens is 205 g/mol. The van der Waals surface area contributed by atoms with Crippen LogP contribution in [0.1, 0.15) is 6.92 Å². The fourth-order valence-electron chi connectivity index (χ4n) is 0.244. The Morgan fingerprint density at radius 3 is 2.43 bits per heavy atom. The van der Waals surface area contributed by atoms with Crippen molar-refractivity contribution in [1.29, 1.82) is 0 Å². The Hall–Kier alpha value is 0.650. The van der Waals surface area contributed by atoms with Crippen LogP contribution in [0.15, 0.2) is 0 Å². The van der Waals surface area contributed by atoms with Crippen molar-refractivity contribution < 1.29 is 26.3 Å². The molecule has 0 aromatic rings. The summed E-state index contributed by atoms with van der Waals surface area (Å²) in [5.74, 6) is 0. The van der Waals surface area contributed by atoms with Crippen molar-refractivity contribution in [3.05, 3.63) is 5.21 Å². The quantitative estimate of drug-likeness (QED) is 0.222. The van der Waals surface area contributed by atoms with Crippen LogP contribution < -0.4 is 26.3 Å². The molecule has 0 spiro atoms. The summed E-state index contributed by atoms with van der Waals surface area (Å²) in [5.41, 5.74) is 0. The summed E-state index contributed by atoms with van der Waals surface area (Å²) < 4.78 is 0.870. The number of rotatable bonds is 3. The fraction of sp³-hybridized carbons (Fsp3) is 1.00. The third-order valence-corrected chi connectivity index (χ3v) is 2.29. The Labute approximate surface area is 54.7 Å². The van der Waals surface area contributed by atoms with Gasteiger partial charge in [-0.2, -0.15) is 0 Å². The predicted octanol–water partition coefficient (Wildman–Crippen LogP) is -3.93. The van der Waals surface area contributed by atoms with Gasteiger partial charge >= 0.3 is 54.4 Å². The van der Waals surface area contributed by atoms with Crippen LogP contribution in [0.3, 0.4) is 0 Å². The van der Waals surface area contributed by atoms with Crippen LogP contribution in [0.2, 0.25) is 0 Å². The Morgan fingerprint density at radius 1 is 1.71 bits per heavy atom. The molecule has 1 N–H and O–H groups in total. The molecule has 0 saturated carbocycles. The van der Waals surface area contributed by atoms with Gasteiger partial charge in [0.05, 0.1) is 0 Å². The summed E-state index contributed by atoms with van der Waals surface area (Å²) in [5, 5.41) is 10.9. The van der Waals surface area contributed by atoms with Gasteiger partial charge in [-0.1, -0.05) is 0 Å². The van der Waals surface area contributed by atoms with Crippen LogP contribution in [0.25, 0.3) is 0 Å². The normalized spacial score (nSPS) is 14.7. The summed E-state index contributed by atoms with van der Waals surface area (Å²) in [4.78, 5) is 2.13. The van der Waals surface area contributed by atoms with E-state index in [9.17, 15) is 5.21 Å². The predicted molar refractivity (Wildman–Crippen MR) is 25.7 cm³/mol. The van der Waals surface area contributed by atoms with Crippen LogP contribution in [-0.2, 0) is 0 Å². The molecule has 7 heavy (non-hydrogen) atoms. The second kappa shape index (κ2) is 4.80. The summed E-state index contributed by atoms with van der Waals surface area (Å²) in [6.45, 7) is 2.65. The van der Waals surface area contributed by atoms with E-state index in [1.54, 1.807) is 0 Å². The van der Waals surface area contributed by atoms with Gasteiger partial charge < -0.3 is 0 Å². The van der Waals surface area contributed by atoms with Crippen molar-refractivity contribution >= 4 is 0 Å². The van der Waals surface area contributed by atoms with E-state index < -0.39 is 0 Å². The average molecular weight is 216 g/mol. The number of nitrogens with one attached hydrogen (secondary N) is 1. The van der Waals surface area contributed by atoms with Crippen molar-refractivity contribution in [3.63, 3.8) is 0 Å². The van der Waals surface area contributed by atoms with Crippen molar-refractivity contribution in [2.75, 3.05) is 16.0 Å². The topological polar surface area (TPSA) is 27.5 Å². The van der Waals surface area contributed by atoms with Crippen molar-refractivity contribution in [3.8, 4) is 0 Å². The van der Waals surface area contributed by atoms with E-state index in [4.69, 9.17) is 0 Å². The second-order valence-corrected chi connectivity index (χ2v) is 3.58. The van der Waals surface area contributed by atoms with Crippen LogP contribution in [0.5, 0.6) is 0 Å². The van der Waals surface area contributed by atoms with Gasteiger partial charge in [0, 0.05) is 0 Å². The van der Waals surface area contributed by atoms with Gasteiger partial charge in [0.25, 0.3) is 0 Å². The molecule has 0 bridgehead atoms. The molecule has 0 aliphatic rings. The zero-order chi connectivity index (χ0) is 5.70. The molecule has 0 aliphatic heterocycles. The molecule has 0 aromatic heterocycles. The number of hydrogen-bond donors (Lipinski definition) is 1. The van der Waals surface area contributed by atoms with Gasteiger partial charge in [0.2, 0.25) is 0 Å². The summed E-state index contributed by atoms with van der Waals surface area (Å²) in [6, 6.07) is 0. The van der Waals surface area contributed by atoms with E-state index in [-0.39, 0.29) is 21.2 Å². The van der Waals surface area contributed by atoms with Gasteiger partial charge in [-0.3, -0.25) is 0 Å². The Kier molecular flexibility index (Phi) is 5.25. The number of hydrogen-bond acceptors (Lipinski definition) is 1. The Bertz CT molecular complexity index is 42.7. The van der Waals surface area contributed by atoms with E-state index in [0.29, 0.717) is 5.06 Å². The number of quaternary nitrogens is 1. The zero-order valence-corrected chi connectivity index (χ0v) is 6.86. The van der Waals surface area contributed by atoms with E-state index in [1.165, 1.54) is 0 Å². The summed E-state index contributed by atoms with van der Waals surface area (Å²) >= 11 is 0.211. The molecule has 0 radical (unpaired) electrons. The molecule has 0 fully saturated rings. The first-order chi connectivity index (χ1) is 3.31. The van der Waals surface area contributed by atoms with Gasteiger partial charge in [-0.15, -0.1) is 0 Å². The molecule has 0 rings (SSSR count). The number of halogens is 1. The SMILES string of the molecule is CC[NH+]([O-])C[I-]C. The van der Waals surface area contributed by atoms with Gasteiger partial charge in [-0.25, -0.2) is 0 Å². The first-order valence-corrected chi connectivity index (χ1v) is 5.95. The van der Waals surface area contributed by atoms with Gasteiger partial charge in [0.15, 0.2) is 0 Å². The number of hydroxylamine groups is 2. The van der Waals surface area contributed by atoms with Crippen LogP contribution in [-0.4, -0.2) is 16.0 Å². The second-order valence-electron chi connectivity index (χ2n) is 1.29. The molecule has 1 unspecified atom stereocenters. The number of alkyl halides is 2. The van der Waals surface area contributed by atoms with Crippen molar-refractivity contribution in [1.82, 2.24) is 0 Å². The third kappa shape index (κ3) is 4.50. The van der Waals surface area contributed by atoms with Gasteiger partial charge in [0.1, 0.15) is 0 Å². The molecule has 0 aromatic carbocycles. The minimum atomic E-state index is 0.211. The monoisotopic (exact) mass is 216 g/mol. The first-order valence-electron chi connectivity index (χ1n) is 2.26. The van der Waals surface area contributed by atoms with Crippen molar-refractivity contribution in [2.45, 2.75) is 6.92 Å². The Balaban J connectivity index is 2.83. The van der Waals surface area contributed by atoms with Crippen LogP contribution in [0, 0.1) is 5.21 Å². The maximum absolute atomic E-state index is 10.4. The first kappa shape index (κ1) is 7.65. The molecule has 0 amide bonds. The van der Waals surface area contributed by atoms with E-state index in [2.05, 4.69) is 4.93 Å². The van der Waals surface area contributed by atoms with E-state index >= 15 is 0 Å². The van der Waals surface area contributed by atoms with Crippen LogP contribution in [0.4, 0.5) is 0 Å². The molecule has 3 heteroatoms. The third-order valence-electron chi connectivity index (χ3n) is 0.677. The molecule has 46 valence electrons. The molecule has 0 saturated heterocycles. The molecule has 0 heterocycles. The minimum absolute atomic E-state index is 0.211. The van der Waals surface area contributed by atoms with Crippen molar-refractivity contribution in [2.24, 2.45) is 0 Å². The molecule has 0 aliphatic carbocycles. The maximum atomic E-state index is 10.4. The summed E-state index contributed by atoms with van der Waals surface area (Å²) in [7, 11) is 0. The van der Waals surface area contributed by atoms with Gasteiger partial charge in [-0.05, 0) is 0 Å². The van der Waals surface area contributed by atoms with Crippen LogP contribution >= 0.6 is 0 Å².